The maximum atomic E-state index is 10.5. The molecule has 0 saturated carbocycles. The van der Waals surface area contributed by atoms with E-state index in [0.717, 1.165) is 6.08 Å². The Hall–Kier alpha value is -1.12. The second kappa shape index (κ2) is 3.83. The highest BCUT2D eigenvalue weighted by Crippen LogP contribution is 1.91. The molecule has 0 aromatic heterocycles. The summed E-state index contributed by atoms with van der Waals surface area (Å²) in [4.78, 5) is 20.2. The molecule has 0 aromatic carbocycles. The van der Waals surface area contributed by atoms with Crippen LogP contribution in [0.3, 0.4) is 0 Å². The fraction of sp³-hybridized carbons (Fsp3) is 0.333. The van der Waals surface area contributed by atoms with Crippen LogP contribution >= 0.6 is 0 Å². The molecule has 9 heavy (non-hydrogen) atoms. The van der Waals surface area contributed by atoms with E-state index in [0.29, 0.717) is 11.9 Å². The normalized spacial score (nSPS) is 10.7. The van der Waals surface area contributed by atoms with Crippen molar-refractivity contribution in [3.05, 3.63) is 11.6 Å². The van der Waals surface area contributed by atoms with Crippen LogP contribution in [0, 0.1) is 0 Å². The molecule has 0 spiro atoms. The summed E-state index contributed by atoms with van der Waals surface area (Å²) in [5.41, 5.74) is 0.313. The van der Waals surface area contributed by atoms with Gasteiger partial charge in [-0.1, -0.05) is 0 Å². The molecule has 0 N–H and O–H groups in total. The molecule has 50 valence electrons. The van der Waals surface area contributed by atoms with Crippen LogP contribution in [-0.2, 0) is 14.3 Å². The summed E-state index contributed by atoms with van der Waals surface area (Å²) < 4.78 is 4.30. The van der Waals surface area contributed by atoms with Gasteiger partial charge in [0.2, 0.25) is 0 Å². The Bertz CT molecular complexity index is 146. The average molecular weight is 128 g/mol. The van der Waals surface area contributed by atoms with E-state index < -0.39 is 5.97 Å². The standard InChI is InChI=1S/C6H8O3/c1-5(3-4-7)6(8)9-2/h3-4H,1-2H3. The van der Waals surface area contributed by atoms with Gasteiger partial charge in [0.25, 0.3) is 0 Å². The summed E-state index contributed by atoms with van der Waals surface area (Å²) in [5.74, 6) is -0.470. The van der Waals surface area contributed by atoms with Gasteiger partial charge < -0.3 is 4.74 Å². The van der Waals surface area contributed by atoms with Gasteiger partial charge in [-0.25, -0.2) is 4.79 Å². The molecule has 0 heterocycles. The third kappa shape index (κ3) is 2.64. The van der Waals surface area contributed by atoms with Crippen molar-refractivity contribution in [1.29, 1.82) is 0 Å². The molecular formula is C6H8O3. The number of rotatable bonds is 2. The van der Waals surface area contributed by atoms with Crippen LogP contribution in [0.25, 0.3) is 0 Å². The van der Waals surface area contributed by atoms with Gasteiger partial charge in [0.1, 0.15) is 6.29 Å². The maximum Gasteiger partial charge on any atom is 0.333 e. The molecule has 0 bridgehead atoms. The van der Waals surface area contributed by atoms with E-state index >= 15 is 0 Å². The lowest BCUT2D eigenvalue weighted by atomic mass is 10.3. The van der Waals surface area contributed by atoms with E-state index in [9.17, 15) is 9.59 Å². The minimum atomic E-state index is -0.470. The maximum absolute atomic E-state index is 10.5. The topological polar surface area (TPSA) is 43.4 Å². The smallest absolute Gasteiger partial charge is 0.333 e. The predicted molar refractivity (Wildman–Crippen MR) is 31.8 cm³/mol. The predicted octanol–water partition coefficient (Wildman–Crippen LogP) is 0.305. The minimum Gasteiger partial charge on any atom is -0.466 e. The van der Waals surface area contributed by atoms with Crippen molar-refractivity contribution in [2.45, 2.75) is 6.92 Å². The summed E-state index contributed by atoms with van der Waals surface area (Å²) in [7, 11) is 1.27. The molecule has 3 heteroatoms. The second-order valence-corrected chi connectivity index (χ2v) is 1.48. The second-order valence-electron chi connectivity index (χ2n) is 1.48. The number of aldehydes is 1. The summed E-state index contributed by atoms with van der Waals surface area (Å²) in [6.07, 6.45) is 1.71. The van der Waals surface area contributed by atoms with Crippen molar-refractivity contribution < 1.29 is 14.3 Å². The number of hydrogen-bond acceptors (Lipinski definition) is 3. The molecule has 0 fully saturated rings. The van der Waals surface area contributed by atoms with Crippen LogP contribution in [-0.4, -0.2) is 19.4 Å². The first-order valence-electron chi connectivity index (χ1n) is 2.42. The van der Waals surface area contributed by atoms with E-state index in [4.69, 9.17) is 0 Å². The lowest BCUT2D eigenvalue weighted by molar-refractivity contribution is -0.136. The average Bonchev–Trinajstić information content (AvgIpc) is 1.87. The highest BCUT2D eigenvalue weighted by atomic mass is 16.5. The van der Waals surface area contributed by atoms with Gasteiger partial charge in [-0.3, -0.25) is 4.79 Å². The van der Waals surface area contributed by atoms with Gasteiger partial charge in [0, 0.05) is 5.57 Å². The third-order valence-electron chi connectivity index (χ3n) is 0.825. The molecule has 0 unspecified atom stereocenters. The van der Waals surface area contributed by atoms with E-state index in [1.165, 1.54) is 14.0 Å². The van der Waals surface area contributed by atoms with Crippen LogP contribution in [0.2, 0.25) is 0 Å². The number of ether oxygens (including phenoxy) is 1. The fourth-order valence-electron chi connectivity index (χ4n) is 0.331. The molecule has 0 radical (unpaired) electrons. The monoisotopic (exact) mass is 128 g/mol. The first-order chi connectivity index (χ1) is 4.22. The van der Waals surface area contributed by atoms with E-state index in [1.807, 2.05) is 0 Å². The molecule has 0 aliphatic heterocycles. The van der Waals surface area contributed by atoms with Crippen LogP contribution in [0.4, 0.5) is 0 Å². The Morgan fingerprint density at radius 2 is 2.11 bits per heavy atom. The number of esters is 1. The number of methoxy groups -OCH3 is 1. The number of allylic oxidation sites excluding steroid dienone is 1. The SMILES string of the molecule is COC(=O)C(C)=CC=O. The van der Waals surface area contributed by atoms with Crippen molar-refractivity contribution in [2.75, 3.05) is 7.11 Å². The van der Waals surface area contributed by atoms with E-state index in [1.54, 1.807) is 0 Å². The van der Waals surface area contributed by atoms with Gasteiger partial charge in [-0.05, 0) is 13.0 Å². The molecular weight excluding hydrogens is 120 g/mol. The summed E-state index contributed by atoms with van der Waals surface area (Å²) in [6, 6.07) is 0. The molecule has 0 aromatic rings. The van der Waals surface area contributed by atoms with Crippen molar-refractivity contribution in [3.63, 3.8) is 0 Å². The van der Waals surface area contributed by atoms with Gasteiger partial charge in [0.15, 0.2) is 0 Å². The molecule has 0 aliphatic rings. The van der Waals surface area contributed by atoms with Gasteiger partial charge in [-0.15, -0.1) is 0 Å². The third-order valence-corrected chi connectivity index (χ3v) is 0.825. The van der Waals surface area contributed by atoms with E-state index in [2.05, 4.69) is 4.74 Å². The quantitative estimate of drug-likeness (QED) is 0.305. The molecule has 3 nitrogen and oxygen atoms in total. The molecule has 0 atom stereocenters. The first-order valence-corrected chi connectivity index (χ1v) is 2.42. The van der Waals surface area contributed by atoms with Gasteiger partial charge in [0.05, 0.1) is 7.11 Å². The zero-order chi connectivity index (χ0) is 7.28. The minimum absolute atomic E-state index is 0.313. The van der Waals surface area contributed by atoms with Crippen molar-refractivity contribution >= 4 is 12.3 Å². The van der Waals surface area contributed by atoms with Crippen LogP contribution in [0.1, 0.15) is 6.92 Å². The van der Waals surface area contributed by atoms with E-state index in [-0.39, 0.29) is 0 Å². The highest BCUT2D eigenvalue weighted by Gasteiger charge is 1.99. The zero-order valence-corrected chi connectivity index (χ0v) is 5.38. The van der Waals surface area contributed by atoms with Crippen LogP contribution in [0.15, 0.2) is 11.6 Å². The Morgan fingerprint density at radius 1 is 1.56 bits per heavy atom. The van der Waals surface area contributed by atoms with Crippen molar-refractivity contribution in [1.82, 2.24) is 0 Å². The van der Waals surface area contributed by atoms with Crippen molar-refractivity contribution in [3.8, 4) is 0 Å². The Labute approximate surface area is 53.3 Å². The lowest BCUT2D eigenvalue weighted by Gasteiger charge is -1.93. The van der Waals surface area contributed by atoms with Crippen molar-refractivity contribution in [2.24, 2.45) is 0 Å². The molecule has 0 rings (SSSR count). The largest absolute Gasteiger partial charge is 0.466 e. The summed E-state index contributed by atoms with van der Waals surface area (Å²) in [5, 5.41) is 0. The summed E-state index contributed by atoms with van der Waals surface area (Å²) >= 11 is 0. The number of hydrogen-bond donors (Lipinski definition) is 0. The van der Waals surface area contributed by atoms with Gasteiger partial charge in [-0.2, -0.15) is 0 Å². The Kier molecular flexibility index (Phi) is 3.35. The fourth-order valence-corrected chi connectivity index (χ4v) is 0.331. The lowest BCUT2D eigenvalue weighted by Crippen LogP contribution is -2.01. The molecule has 0 amide bonds. The number of carbonyl (C=O) groups excluding carboxylic acids is 2. The number of carbonyl (C=O) groups is 2. The summed E-state index contributed by atoms with van der Waals surface area (Å²) in [6.45, 7) is 1.51. The molecule has 0 aliphatic carbocycles. The van der Waals surface area contributed by atoms with Crippen LogP contribution < -0.4 is 0 Å². The van der Waals surface area contributed by atoms with Gasteiger partial charge >= 0.3 is 5.97 Å². The Morgan fingerprint density at radius 3 is 2.44 bits per heavy atom. The van der Waals surface area contributed by atoms with Crippen LogP contribution in [0.5, 0.6) is 0 Å². The molecule has 0 saturated heterocycles. The zero-order valence-electron chi connectivity index (χ0n) is 5.38. The highest BCUT2D eigenvalue weighted by molar-refractivity contribution is 5.91. The Balaban J connectivity index is 4.01. The first kappa shape index (κ1) is 7.88.